The minimum Gasteiger partial charge on any atom is -0.388 e. The molecule has 14 heavy (non-hydrogen) atoms. The summed E-state index contributed by atoms with van der Waals surface area (Å²) in [7, 11) is 1.64. The number of aromatic nitrogens is 1. The Hall–Kier alpha value is -0.930. The highest BCUT2D eigenvalue weighted by Gasteiger charge is 2.17. The molecule has 2 atom stereocenters. The second kappa shape index (κ2) is 5.08. The molecule has 0 amide bonds. The monoisotopic (exact) mass is 195 g/mol. The third-order valence-electron chi connectivity index (χ3n) is 2.37. The highest BCUT2D eigenvalue weighted by molar-refractivity contribution is 5.24. The van der Waals surface area contributed by atoms with Gasteiger partial charge in [0.05, 0.1) is 12.7 Å². The lowest BCUT2D eigenvalue weighted by atomic mass is 9.96. The normalized spacial score (nSPS) is 15.1. The molecule has 0 bridgehead atoms. The standard InChI is InChI=1S/C11H17NO2/c1-8-4-5-12-6-10(8)11(13)9(2)7-14-3/h4-6,9,11,13H,7H2,1-3H3. The second-order valence-corrected chi connectivity index (χ2v) is 3.61. The predicted octanol–water partition coefficient (Wildman–Crippen LogP) is 1.71. The molecule has 1 aromatic heterocycles. The number of aliphatic hydroxyl groups is 1. The molecule has 0 saturated heterocycles. The van der Waals surface area contributed by atoms with Crippen molar-refractivity contribution in [3.8, 4) is 0 Å². The highest BCUT2D eigenvalue weighted by atomic mass is 16.5. The average molecular weight is 195 g/mol. The van der Waals surface area contributed by atoms with Crippen molar-refractivity contribution in [2.24, 2.45) is 5.92 Å². The van der Waals surface area contributed by atoms with Crippen LogP contribution in [0.5, 0.6) is 0 Å². The fourth-order valence-electron chi connectivity index (χ4n) is 1.45. The number of rotatable bonds is 4. The van der Waals surface area contributed by atoms with E-state index in [0.29, 0.717) is 6.61 Å². The zero-order valence-electron chi connectivity index (χ0n) is 8.90. The summed E-state index contributed by atoms with van der Waals surface area (Å²) in [6.07, 6.45) is 2.95. The van der Waals surface area contributed by atoms with Gasteiger partial charge in [0.1, 0.15) is 0 Å². The van der Waals surface area contributed by atoms with Gasteiger partial charge < -0.3 is 9.84 Å². The first kappa shape index (κ1) is 11.1. The molecule has 0 saturated carbocycles. The van der Waals surface area contributed by atoms with Crippen LogP contribution in [0.4, 0.5) is 0 Å². The number of aryl methyl sites for hydroxylation is 1. The van der Waals surface area contributed by atoms with Gasteiger partial charge in [-0.2, -0.15) is 0 Å². The van der Waals surface area contributed by atoms with Crippen LogP contribution in [-0.2, 0) is 4.74 Å². The van der Waals surface area contributed by atoms with Gasteiger partial charge in [0, 0.05) is 31.0 Å². The van der Waals surface area contributed by atoms with E-state index in [4.69, 9.17) is 4.74 Å². The summed E-state index contributed by atoms with van der Waals surface area (Å²) < 4.78 is 5.01. The number of hydrogen-bond donors (Lipinski definition) is 1. The SMILES string of the molecule is COCC(C)C(O)c1cnccc1C. The van der Waals surface area contributed by atoms with Gasteiger partial charge in [0.2, 0.25) is 0 Å². The maximum absolute atomic E-state index is 9.98. The summed E-state index contributed by atoms with van der Waals surface area (Å²) in [6.45, 7) is 4.48. The molecule has 3 nitrogen and oxygen atoms in total. The zero-order chi connectivity index (χ0) is 10.6. The third kappa shape index (κ3) is 2.53. The number of ether oxygens (including phenoxy) is 1. The number of aliphatic hydroxyl groups excluding tert-OH is 1. The van der Waals surface area contributed by atoms with Crippen LogP contribution in [-0.4, -0.2) is 23.8 Å². The molecule has 0 fully saturated rings. The smallest absolute Gasteiger partial charge is 0.0854 e. The average Bonchev–Trinajstić information content (AvgIpc) is 2.18. The summed E-state index contributed by atoms with van der Waals surface area (Å²) in [5.41, 5.74) is 1.95. The number of pyridine rings is 1. The molecule has 1 rings (SSSR count). The lowest BCUT2D eigenvalue weighted by molar-refractivity contribution is 0.0561. The molecule has 0 spiro atoms. The van der Waals surface area contributed by atoms with Crippen LogP contribution in [0.15, 0.2) is 18.5 Å². The van der Waals surface area contributed by atoms with Crippen LogP contribution >= 0.6 is 0 Å². The molecular weight excluding hydrogens is 178 g/mol. The van der Waals surface area contributed by atoms with Crippen LogP contribution in [0.25, 0.3) is 0 Å². The van der Waals surface area contributed by atoms with E-state index in [1.807, 2.05) is 19.9 Å². The first-order valence-corrected chi connectivity index (χ1v) is 4.74. The minimum atomic E-state index is -0.497. The van der Waals surface area contributed by atoms with Crippen molar-refractivity contribution in [2.75, 3.05) is 13.7 Å². The van der Waals surface area contributed by atoms with Gasteiger partial charge in [-0.3, -0.25) is 4.98 Å². The van der Waals surface area contributed by atoms with E-state index in [-0.39, 0.29) is 5.92 Å². The summed E-state index contributed by atoms with van der Waals surface area (Å²) in [5.74, 6) is 0.0860. The molecular formula is C11H17NO2. The Morgan fingerprint density at radius 3 is 2.86 bits per heavy atom. The van der Waals surface area contributed by atoms with E-state index in [9.17, 15) is 5.11 Å². The number of methoxy groups -OCH3 is 1. The number of nitrogens with zero attached hydrogens (tertiary/aromatic N) is 1. The molecule has 0 aliphatic heterocycles. The van der Waals surface area contributed by atoms with Crippen LogP contribution in [0.1, 0.15) is 24.2 Å². The van der Waals surface area contributed by atoms with Gasteiger partial charge in [-0.05, 0) is 18.6 Å². The predicted molar refractivity (Wildman–Crippen MR) is 55.0 cm³/mol. The fraction of sp³-hybridized carbons (Fsp3) is 0.545. The molecule has 3 heteroatoms. The van der Waals surface area contributed by atoms with Crippen molar-refractivity contribution >= 4 is 0 Å². The largest absolute Gasteiger partial charge is 0.388 e. The van der Waals surface area contributed by atoms with Crippen molar-refractivity contribution in [3.05, 3.63) is 29.6 Å². The Balaban J connectivity index is 2.78. The third-order valence-corrected chi connectivity index (χ3v) is 2.37. The van der Waals surface area contributed by atoms with E-state index in [1.54, 1.807) is 19.5 Å². The van der Waals surface area contributed by atoms with Crippen molar-refractivity contribution in [1.29, 1.82) is 0 Å². The van der Waals surface area contributed by atoms with E-state index in [0.717, 1.165) is 11.1 Å². The molecule has 1 heterocycles. The first-order valence-electron chi connectivity index (χ1n) is 4.74. The topological polar surface area (TPSA) is 42.4 Å². The van der Waals surface area contributed by atoms with Gasteiger partial charge in [0.25, 0.3) is 0 Å². The summed E-state index contributed by atoms with van der Waals surface area (Å²) in [6, 6.07) is 1.90. The second-order valence-electron chi connectivity index (χ2n) is 3.61. The van der Waals surface area contributed by atoms with Crippen LogP contribution in [0.3, 0.4) is 0 Å². The van der Waals surface area contributed by atoms with Gasteiger partial charge in [-0.25, -0.2) is 0 Å². The van der Waals surface area contributed by atoms with E-state index >= 15 is 0 Å². The zero-order valence-corrected chi connectivity index (χ0v) is 8.90. The van der Waals surface area contributed by atoms with Crippen LogP contribution in [0, 0.1) is 12.8 Å². The van der Waals surface area contributed by atoms with Gasteiger partial charge in [0.15, 0.2) is 0 Å². The Bertz CT molecular complexity index is 288. The van der Waals surface area contributed by atoms with Crippen molar-refractivity contribution < 1.29 is 9.84 Å². The highest BCUT2D eigenvalue weighted by Crippen LogP contribution is 2.23. The first-order chi connectivity index (χ1) is 6.66. The maximum atomic E-state index is 9.98. The molecule has 1 N–H and O–H groups in total. The Kier molecular flexibility index (Phi) is 4.04. The van der Waals surface area contributed by atoms with Crippen molar-refractivity contribution in [2.45, 2.75) is 20.0 Å². The van der Waals surface area contributed by atoms with Crippen molar-refractivity contribution in [1.82, 2.24) is 4.98 Å². The lowest BCUT2D eigenvalue weighted by Crippen LogP contribution is -2.15. The molecule has 0 aliphatic rings. The summed E-state index contributed by atoms with van der Waals surface area (Å²) >= 11 is 0. The van der Waals surface area contributed by atoms with Crippen molar-refractivity contribution in [3.63, 3.8) is 0 Å². The molecule has 0 aromatic carbocycles. The van der Waals surface area contributed by atoms with Gasteiger partial charge >= 0.3 is 0 Å². The maximum Gasteiger partial charge on any atom is 0.0854 e. The molecule has 1 aromatic rings. The molecule has 78 valence electrons. The van der Waals surface area contributed by atoms with E-state index in [2.05, 4.69) is 4.98 Å². The van der Waals surface area contributed by atoms with Crippen LogP contribution in [0.2, 0.25) is 0 Å². The lowest BCUT2D eigenvalue weighted by Gasteiger charge is -2.19. The van der Waals surface area contributed by atoms with E-state index < -0.39 is 6.10 Å². The molecule has 0 aliphatic carbocycles. The van der Waals surface area contributed by atoms with Crippen LogP contribution < -0.4 is 0 Å². The van der Waals surface area contributed by atoms with Gasteiger partial charge in [-0.1, -0.05) is 6.92 Å². The Morgan fingerprint density at radius 1 is 1.57 bits per heavy atom. The Labute approximate surface area is 84.7 Å². The molecule has 2 unspecified atom stereocenters. The number of hydrogen-bond acceptors (Lipinski definition) is 3. The minimum absolute atomic E-state index is 0.0860. The summed E-state index contributed by atoms with van der Waals surface area (Å²) in [4.78, 5) is 4.01. The van der Waals surface area contributed by atoms with E-state index in [1.165, 1.54) is 0 Å². The van der Waals surface area contributed by atoms with Gasteiger partial charge in [-0.15, -0.1) is 0 Å². The summed E-state index contributed by atoms with van der Waals surface area (Å²) in [5, 5.41) is 9.98. The fourth-order valence-corrected chi connectivity index (χ4v) is 1.45. The Morgan fingerprint density at radius 2 is 2.29 bits per heavy atom. The quantitative estimate of drug-likeness (QED) is 0.795. The molecule has 0 radical (unpaired) electrons.